The molecule has 1 aromatic carbocycles. The van der Waals surface area contributed by atoms with Gasteiger partial charge in [-0.05, 0) is 17.7 Å². The molecule has 1 aliphatic heterocycles. The molecule has 0 spiro atoms. The minimum Gasteiger partial charge on any atom is -0.249 e. The molecular weight excluding hydrogens is 372 g/mol. The zero-order chi connectivity index (χ0) is 18.1. The number of benzene rings is 1. The number of sulfonamides is 1. The number of pyridine rings is 1. The van der Waals surface area contributed by atoms with E-state index in [0.717, 1.165) is 17.1 Å². The van der Waals surface area contributed by atoms with Crippen molar-refractivity contribution in [1.82, 2.24) is 18.5 Å². The van der Waals surface area contributed by atoms with Gasteiger partial charge in [0, 0.05) is 30.8 Å². The largest absolute Gasteiger partial charge is 0.350 e. The van der Waals surface area contributed by atoms with Gasteiger partial charge in [0.15, 0.2) is 5.65 Å². The third-order valence-corrected chi connectivity index (χ3v) is 7.16. The highest BCUT2D eigenvalue weighted by Gasteiger charge is 2.27. The van der Waals surface area contributed by atoms with Gasteiger partial charge < -0.3 is 0 Å². The Hall–Kier alpha value is -2.10. The van der Waals surface area contributed by atoms with Crippen LogP contribution >= 0.6 is 11.8 Å². The molecule has 0 amide bonds. The summed E-state index contributed by atoms with van der Waals surface area (Å²) in [6, 6.07) is 12.6. The van der Waals surface area contributed by atoms with Crippen molar-refractivity contribution < 1.29 is 8.42 Å². The molecule has 1 fully saturated rings. The average molecular weight is 390 g/mol. The molecule has 3 aromatic rings. The normalized spacial score (nSPS) is 16.2. The van der Waals surface area contributed by atoms with Crippen LogP contribution in [0.2, 0.25) is 0 Å². The third kappa shape index (κ3) is 3.17. The highest BCUT2D eigenvalue weighted by atomic mass is 32.2. The highest BCUT2D eigenvalue weighted by Crippen LogP contribution is 2.20. The summed E-state index contributed by atoms with van der Waals surface area (Å²) in [5, 5.41) is 4.30. The van der Waals surface area contributed by atoms with E-state index >= 15 is 0 Å². The van der Waals surface area contributed by atoms with E-state index in [0.29, 0.717) is 25.3 Å². The number of hydrogen-bond acceptors (Lipinski definition) is 5. The number of rotatable bonds is 4. The predicted octanol–water partition coefficient (Wildman–Crippen LogP) is 1.28. The van der Waals surface area contributed by atoms with Crippen LogP contribution in [0.4, 0.5) is 0 Å². The fourth-order valence-electron chi connectivity index (χ4n) is 2.95. The second kappa shape index (κ2) is 6.90. The maximum absolute atomic E-state index is 12.8. The molecule has 0 radical (unpaired) electrons. The number of hydrogen-bond donors (Lipinski definition) is 0. The molecule has 0 saturated carbocycles. The molecule has 1 aliphatic rings. The Morgan fingerprint density at radius 1 is 1.04 bits per heavy atom. The smallest absolute Gasteiger partial charge is 0.249 e. The van der Waals surface area contributed by atoms with Crippen molar-refractivity contribution in [3.8, 4) is 0 Å². The minimum absolute atomic E-state index is 0.123. The van der Waals surface area contributed by atoms with Crippen LogP contribution in [0.3, 0.4) is 0 Å². The van der Waals surface area contributed by atoms with Crippen LogP contribution in [0.25, 0.3) is 5.65 Å². The predicted molar refractivity (Wildman–Crippen MR) is 101 cm³/mol. The van der Waals surface area contributed by atoms with Gasteiger partial charge in [0.25, 0.3) is 0 Å². The van der Waals surface area contributed by atoms with Crippen LogP contribution in [0, 0.1) is 0 Å². The van der Waals surface area contributed by atoms with Crippen molar-refractivity contribution in [3.63, 3.8) is 0 Å². The monoisotopic (exact) mass is 390 g/mol. The lowest BCUT2D eigenvalue weighted by atomic mass is 10.2. The Morgan fingerprint density at radius 2 is 1.77 bits per heavy atom. The molecule has 0 N–H and O–H groups in total. The van der Waals surface area contributed by atoms with E-state index in [9.17, 15) is 13.2 Å². The Balaban J connectivity index is 1.71. The SMILES string of the molecule is O=c1n(Cc2ccccc2)nc2ccc(S(=O)(=O)N3CCSCC3)cn12. The van der Waals surface area contributed by atoms with Crippen molar-refractivity contribution in [2.75, 3.05) is 24.6 Å². The fourth-order valence-corrected chi connectivity index (χ4v) is 5.52. The van der Waals surface area contributed by atoms with E-state index < -0.39 is 10.0 Å². The third-order valence-electron chi connectivity index (χ3n) is 4.33. The molecule has 0 bridgehead atoms. The lowest BCUT2D eigenvalue weighted by Gasteiger charge is -2.25. The van der Waals surface area contributed by atoms with E-state index in [2.05, 4.69) is 5.10 Å². The van der Waals surface area contributed by atoms with Crippen molar-refractivity contribution in [1.29, 1.82) is 0 Å². The summed E-state index contributed by atoms with van der Waals surface area (Å²) < 4.78 is 29.8. The fraction of sp³-hybridized carbons (Fsp3) is 0.294. The van der Waals surface area contributed by atoms with Gasteiger partial charge in [0.2, 0.25) is 10.0 Å². The van der Waals surface area contributed by atoms with Crippen LogP contribution in [0.1, 0.15) is 5.56 Å². The summed E-state index contributed by atoms with van der Waals surface area (Å²) in [5.41, 5.74) is 1.03. The molecule has 0 atom stereocenters. The quantitative estimate of drug-likeness (QED) is 0.671. The van der Waals surface area contributed by atoms with E-state index in [1.54, 1.807) is 17.8 Å². The minimum atomic E-state index is -3.60. The van der Waals surface area contributed by atoms with Crippen LogP contribution in [0.15, 0.2) is 58.4 Å². The Kier molecular flexibility index (Phi) is 4.60. The Bertz CT molecular complexity index is 1080. The number of aromatic nitrogens is 3. The average Bonchev–Trinajstić information content (AvgIpc) is 2.98. The first-order valence-electron chi connectivity index (χ1n) is 8.27. The van der Waals surface area contributed by atoms with Gasteiger partial charge in [-0.25, -0.2) is 22.3 Å². The molecule has 1 saturated heterocycles. The van der Waals surface area contributed by atoms with E-state index in [4.69, 9.17) is 0 Å². The first-order chi connectivity index (χ1) is 12.6. The van der Waals surface area contributed by atoms with E-state index in [1.165, 1.54) is 25.7 Å². The summed E-state index contributed by atoms with van der Waals surface area (Å²) in [6.45, 7) is 1.33. The first-order valence-corrected chi connectivity index (χ1v) is 10.9. The molecule has 2 aromatic heterocycles. The van der Waals surface area contributed by atoms with Crippen LogP contribution in [0.5, 0.6) is 0 Å². The summed E-state index contributed by atoms with van der Waals surface area (Å²) in [6.07, 6.45) is 1.38. The number of thioether (sulfide) groups is 1. The lowest BCUT2D eigenvalue weighted by molar-refractivity contribution is 0.443. The standard InChI is InChI=1S/C17H18N4O3S2/c22-17-20-13-15(26(23,24)19-8-10-25-11-9-19)6-7-16(20)18-21(17)12-14-4-2-1-3-5-14/h1-7,13H,8-12H2. The number of fused-ring (bicyclic) bond motifs is 1. The maximum atomic E-state index is 12.8. The first kappa shape index (κ1) is 17.3. The lowest BCUT2D eigenvalue weighted by Crippen LogP contribution is -2.38. The molecule has 3 heterocycles. The van der Waals surface area contributed by atoms with Gasteiger partial charge in [-0.3, -0.25) is 0 Å². The highest BCUT2D eigenvalue weighted by molar-refractivity contribution is 7.99. The van der Waals surface area contributed by atoms with Crippen molar-refractivity contribution in [2.24, 2.45) is 0 Å². The van der Waals surface area contributed by atoms with E-state index in [1.807, 2.05) is 30.3 Å². The molecule has 0 unspecified atom stereocenters. The van der Waals surface area contributed by atoms with Gasteiger partial charge in [0.1, 0.15) is 0 Å². The second-order valence-electron chi connectivity index (χ2n) is 6.04. The van der Waals surface area contributed by atoms with Crippen molar-refractivity contribution in [2.45, 2.75) is 11.4 Å². The molecule has 0 aliphatic carbocycles. The summed E-state index contributed by atoms with van der Waals surface area (Å²) in [4.78, 5) is 12.8. The molecule has 4 rings (SSSR count). The zero-order valence-corrected chi connectivity index (χ0v) is 15.6. The van der Waals surface area contributed by atoms with Gasteiger partial charge >= 0.3 is 5.69 Å². The molecular formula is C17H18N4O3S2. The molecule has 9 heteroatoms. The van der Waals surface area contributed by atoms with Crippen molar-refractivity contribution >= 4 is 27.4 Å². The molecule has 7 nitrogen and oxygen atoms in total. The Labute approximate surface area is 155 Å². The summed E-state index contributed by atoms with van der Waals surface area (Å²) in [5.74, 6) is 1.58. The van der Waals surface area contributed by atoms with Crippen LogP contribution in [-0.4, -0.2) is 51.5 Å². The molecule has 26 heavy (non-hydrogen) atoms. The van der Waals surface area contributed by atoms with Gasteiger partial charge in [-0.2, -0.15) is 16.1 Å². The van der Waals surface area contributed by atoms with Gasteiger partial charge in [-0.15, -0.1) is 5.10 Å². The zero-order valence-electron chi connectivity index (χ0n) is 14.0. The Morgan fingerprint density at radius 3 is 2.50 bits per heavy atom. The molecule has 136 valence electrons. The van der Waals surface area contributed by atoms with Gasteiger partial charge in [0.05, 0.1) is 11.4 Å². The summed E-state index contributed by atoms with van der Waals surface area (Å²) >= 11 is 1.74. The van der Waals surface area contributed by atoms with Crippen molar-refractivity contribution in [3.05, 3.63) is 64.7 Å². The topological polar surface area (TPSA) is 76.7 Å². The number of nitrogens with zero attached hydrogens (tertiary/aromatic N) is 4. The van der Waals surface area contributed by atoms with Crippen LogP contribution < -0.4 is 5.69 Å². The van der Waals surface area contributed by atoms with Gasteiger partial charge in [-0.1, -0.05) is 30.3 Å². The summed E-state index contributed by atoms with van der Waals surface area (Å²) in [7, 11) is -3.60. The second-order valence-corrected chi connectivity index (χ2v) is 9.20. The van der Waals surface area contributed by atoms with E-state index in [-0.39, 0.29) is 10.6 Å². The van der Waals surface area contributed by atoms with Crippen LogP contribution in [-0.2, 0) is 16.6 Å². The maximum Gasteiger partial charge on any atom is 0.350 e.